The van der Waals surface area contributed by atoms with Gasteiger partial charge in [0.05, 0.1) is 7.11 Å². The number of ether oxygens (including phenoxy) is 1. The highest BCUT2D eigenvalue weighted by atomic mass is 16.5. The molecule has 0 aliphatic carbocycles. The molecule has 0 spiro atoms. The molecule has 2 N–H and O–H groups in total. The Morgan fingerprint density at radius 1 is 1.31 bits per heavy atom. The van der Waals surface area contributed by atoms with Gasteiger partial charge in [-0.15, -0.1) is 0 Å². The summed E-state index contributed by atoms with van der Waals surface area (Å²) in [7, 11) is 1.69. The number of methoxy groups -OCH3 is 1. The summed E-state index contributed by atoms with van der Waals surface area (Å²) in [5.41, 5.74) is 8.17. The Bertz CT molecular complexity index is 271. The minimum Gasteiger partial charge on any atom is -0.497 e. The molecule has 0 aliphatic heterocycles. The highest BCUT2D eigenvalue weighted by Crippen LogP contribution is 2.18. The summed E-state index contributed by atoms with van der Waals surface area (Å²) in [5.74, 6) is 0.917. The van der Waals surface area contributed by atoms with E-state index in [1.807, 2.05) is 12.1 Å². The van der Waals surface area contributed by atoms with Crippen molar-refractivity contribution < 1.29 is 4.74 Å². The fourth-order valence-corrected chi connectivity index (χ4v) is 1.43. The van der Waals surface area contributed by atoms with Crippen LogP contribution in [0.15, 0.2) is 18.2 Å². The Morgan fingerprint density at radius 3 is 2.62 bits per heavy atom. The first-order chi connectivity index (χ1) is 6.31. The van der Waals surface area contributed by atoms with Crippen LogP contribution in [0.1, 0.15) is 24.5 Å². The number of aryl methyl sites for hydroxylation is 1. The minimum atomic E-state index is 0.610. The topological polar surface area (TPSA) is 35.2 Å². The van der Waals surface area contributed by atoms with Gasteiger partial charge in [0.1, 0.15) is 5.75 Å². The molecule has 72 valence electrons. The second-order valence-corrected chi connectivity index (χ2v) is 3.09. The summed E-state index contributed by atoms with van der Waals surface area (Å²) < 4.78 is 5.16. The third-order valence-electron chi connectivity index (χ3n) is 2.15. The predicted octanol–water partition coefficient (Wildman–Crippen LogP) is 2.11. The summed E-state index contributed by atoms with van der Waals surface area (Å²) in [6.07, 6.45) is 2.21. The number of hydrogen-bond acceptors (Lipinski definition) is 2. The molecule has 13 heavy (non-hydrogen) atoms. The van der Waals surface area contributed by atoms with Gasteiger partial charge >= 0.3 is 0 Å². The number of rotatable bonds is 4. The summed E-state index contributed by atoms with van der Waals surface area (Å²) in [4.78, 5) is 0. The van der Waals surface area contributed by atoms with E-state index in [-0.39, 0.29) is 0 Å². The summed E-state index contributed by atoms with van der Waals surface area (Å²) in [6.45, 7) is 2.78. The predicted molar refractivity (Wildman–Crippen MR) is 54.9 cm³/mol. The van der Waals surface area contributed by atoms with Gasteiger partial charge in [-0.05, 0) is 29.7 Å². The maximum Gasteiger partial charge on any atom is 0.119 e. The van der Waals surface area contributed by atoms with Crippen molar-refractivity contribution in [3.05, 3.63) is 29.3 Å². The van der Waals surface area contributed by atoms with Gasteiger partial charge in [0.2, 0.25) is 0 Å². The molecule has 2 nitrogen and oxygen atoms in total. The summed E-state index contributed by atoms with van der Waals surface area (Å²) in [5, 5.41) is 0. The molecular weight excluding hydrogens is 162 g/mol. The van der Waals surface area contributed by atoms with Gasteiger partial charge < -0.3 is 10.5 Å². The number of benzene rings is 1. The molecule has 0 saturated heterocycles. The maximum absolute atomic E-state index is 5.63. The summed E-state index contributed by atoms with van der Waals surface area (Å²) in [6, 6.07) is 6.08. The fourth-order valence-electron chi connectivity index (χ4n) is 1.43. The molecule has 0 amide bonds. The molecule has 0 heterocycles. The Hall–Kier alpha value is -1.02. The van der Waals surface area contributed by atoms with Crippen molar-refractivity contribution >= 4 is 0 Å². The van der Waals surface area contributed by atoms with Crippen LogP contribution >= 0.6 is 0 Å². The highest BCUT2D eigenvalue weighted by Gasteiger charge is 2.01. The zero-order valence-electron chi connectivity index (χ0n) is 8.34. The van der Waals surface area contributed by atoms with Crippen LogP contribution in [-0.4, -0.2) is 7.11 Å². The molecule has 0 saturated carbocycles. The lowest BCUT2D eigenvalue weighted by molar-refractivity contribution is 0.414. The molecule has 0 atom stereocenters. The molecule has 0 fully saturated rings. The Kier molecular flexibility index (Phi) is 3.77. The van der Waals surface area contributed by atoms with Gasteiger partial charge in [-0.3, -0.25) is 0 Å². The third kappa shape index (κ3) is 2.46. The Morgan fingerprint density at radius 2 is 2.08 bits per heavy atom. The Labute approximate surface area is 79.7 Å². The molecule has 0 aliphatic rings. The normalized spacial score (nSPS) is 10.1. The lowest BCUT2D eigenvalue weighted by Gasteiger charge is -2.08. The number of hydrogen-bond donors (Lipinski definition) is 1. The van der Waals surface area contributed by atoms with Crippen molar-refractivity contribution in [3.63, 3.8) is 0 Å². The van der Waals surface area contributed by atoms with E-state index >= 15 is 0 Å². The summed E-state index contributed by atoms with van der Waals surface area (Å²) >= 11 is 0. The van der Waals surface area contributed by atoms with Crippen LogP contribution in [0, 0.1) is 0 Å². The average Bonchev–Trinajstić information content (AvgIpc) is 2.18. The standard InChI is InChI=1S/C11H17NO/c1-3-4-9-7-11(13-2)6-5-10(9)8-12/h5-7H,3-4,8,12H2,1-2H3. The first kappa shape index (κ1) is 10.1. The molecule has 1 aromatic carbocycles. The lowest BCUT2D eigenvalue weighted by atomic mass is 10.0. The van der Waals surface area contributed by atoms with Crippen LogP contribution in [0.3, 0.4) is 0 Å². The molecule has 0 aromatic heterocycles. The quantitative estimate of drug-likeness (QED) is 0.768. The van der Waals surface area contributed by atoms with Crippen molar-refractivity contribution in [1.29, 1.82) is 0 Å². The van der Waals surface area contributed by atoms with Crippen LogP contribution in [0.2, 0.25) is 0 Å². The first-order valence-corrected chi connectivity index (χ1v) is 4.67. The van der Waals surface area contributed by atoms with Crippen molar-refractivity contribution in [2.45, 2.75) is 26.3 Å². The third-order valence-corrected chi connectivity index (χ3v) is 2.15. The van der Waals surface area contributed by atoms with Gasteiger partial charge in [-0.2, -0.15) is 0 Å². The van der Waals surface area contributed by atoms with E-state index in [2.05, 4.69) is 13.0 Å². The molecule has 1 aromatic rings. The van der Waals surface area contributed by atoms with E-state index in [9.17, 15) is 0 Å². The SMILES string of the molecule is CCCc1cc(OC)ccc1CN. The van der Waals surface area contributed by atoms with E-state index in [4.69, 9.17) is 10.5 Å². The van der Waals surface area contributed by atoms with Crippen LogP contribution in [-0.2, 0) is 13.0 Å². The lowest BCUT2D eigenvalue weighted by Crippen LogP contribution is -2.01. The largest absolute Gasteiger partial charge is 0.497 e. The van der Waals surface area contributed by atoms with Crippen molar-refractivity contribution in [2.75, 3.05) is 7.11 Å². The van der Waals surface area contributed by atoms with Gasteiger partial charge in [0, 0.05) is 6.54 Å². The van der Waals surface area contributed by atoms with E-state index in [0.29, 0.717) is 6.54 Å². The fraction of sp³-hybridized carbons (Fsp3) is 0.455. The van der Waals surface area contributed by atoms with E-state index < -0.39 is 0 Å². The molecule has 0 unspecified atom stereocenters. The van der Waals surface area contributed by atoms with E-state index in [0.717, 1.165) is 18.6 Å². The number of nitrogens with two attached hydrogens (primary N) is 1. The van der Waals surface area contributed by atoms with Gasteiger partial charge in [0.15, 0.2) is 0 Å². The molecule has 0 bridgehead atoms. The van der Waals surface area contributed by atoms with E-state index in [1.165, 1.54) is 11.1 Å². The van der Waals surface area contributed by atoms with Crippen molar-refractivity contribution in [3.8, 4) is 5.75 Å². The van der Waals surface area contributed by atoms with Crippen LogP contribution in [0.4, 0.5) is 0 Å². The zero-order chi connectivity index (χ0) is 9.68. The minimum absolute atomic E-state index is 0.610. The molecule has 0 radical (unpaired) electrons. The monoisotopic (exact) mass is 179 g/mol. The van der Waals surface area contributed by atoms with E-state index in [1.54, 1.807) is 7.11 Å². The zero-order valence-corrected chi connectivity index (χ0v) is 8.34. The van der Waals surface area contributed by atoms with Crippen LogP contribution in [0.5, 0.6) is 5.75 Å². The first-order valence-electron chi connectivity index (χ1n) is 4.67. The van der Waals surface area contributed by atoms with Gasteiger partial charge in [-0.1, -0.05) is 19.4 Å². The molecule has 2 heteroatoms. The highest BCUT2D eigenvalue weighted by molar-refractivity contribution is 5.35. The second-order valence-electron chi connectivity index (χ2n) is 3.09. The van der Waals surface area contributed by atoms with Gasteiger partial charge in [0.25, 0.3) is 0 Å². The molecule has 1 rings (SSSR count). The van der Waals surface area contributed by atoms with Gasteiger partial charge in [-0.25, -0.2) is 0 Å². The average molecular weight is 179 g/mol. The smallest absolute Gasteiger partial charge is 0.119 e. The Balaban J connectivity index is 2.95. The second kappa shape index (κ2) is 4.87. The maximum atomic E-state index is 5.63. The van der Waals surface area contributed by atoms with Crippen LogP contribution < -0.4 is 10.5 Å². The van der Waals surface area contributed by atoms with Crippen LogP contribution in [0.25, 0.3) is 0 Å². The molecular formula is C11H17NO. The van der Waals surface area contributed by atoms with Crippen molar-refractivity contribution in [1.82, 2.24) is 0 Å². The van der Waals surface area contributed by atoms with Crippen molar-refractivity contribution in [2.24, 2.45) is 5.73 Å².